The summed E-state index contributed by atoms with van der Waals surface area (Å²) in [6, 6.07) is 0. The maximum Gasteiger partial charge on any atom is 0.469 e. The van der Waals surface area contributed by atoms with Gasteiger partial charge < -0.3 is 20.0 Å². The number of phosphoric ester groups is 1. The summed E-state index contributed by atoms with van der Waals surface area (Å²) in [7, 11) is -4.56. The molecule has 68 valence electrons. The molecule has 0 heterocycles. The maximum absolute atomic E-state index is 10.1. The van der Waals surface area contributed by atoms with E-state index in [4.69, 9.17) is 20.0 Å². The van der Waals surface area contributed by atoms with Crippen molar-refractivity contribution in [3.63, 3.8) is 0 Å². The van der Waals surface area contributed by atoms with Gasteiger partial charge >= 0.3 is 7.82 Å². The van der Waals surface area contributed by atoms with Gasteiger partial charge in [0.05, 0.1) is 12.7 Å². The molecule has 0 bridgehead atoms. The number of hydrogen-bond acceptors (Lipinski definition) is 4. The minimum atomic E-state index is -4.56. The summed E-state index contributed by atoms with van der Waals surface area (Å²) in [5.41, 5.74) is 0. The van der Waals surface area contributed by atoms with Crippen molar-refractivity contribution in [2.45, 2.75) is 19.1 Å². The van der Waals surface area contributed by atoms with Gasteiger partial charge in [-0.2, -0.15) is 0 Å². The zero-order valence-corrected chi connectivity index (χ0v) is 6.81. The zero-order valence-electron chi connectivity index (χ0n) is 5.91. The van der Waals surface area contributed by atoms with Gasteiger partial charge in [-0.15, -0.1) is 0 Å². The average molecular weight is 186 g/mol. The Morgan fingerprint density at radius 2 is 2.00 bits per heavy atom. The molecule has 0 saturated carbocycles. The fourth-order valence-electron chi connectivity index (χ4n) is 0.435. The van der Waals surface area contributed by atoms with Crippen LogP contribution in [0, 0.1) is 0 Å². The SMILES string of the molecule is CC(OP(=O)(O)O)C(O)CO. The van der Waals surface area contributed by atoms with Crippen molar-refractivity contribution in [1.29, 1.82) is 0 Å². The number of phosphoric acid groups is 1. The highest BCUT2D eigenvalue weighted by molar-refractivity contribution is 7.46. The molecule has 4 N–H and O–H groups in total. The molecule has 11 heavy (non-hydrogen) atoms. The van der Waals surface area contributed by atoms with Crippen molar-refractivity contribution in [2.75, 3.05) is 6.61 Å². The molecule has 0 amide bonds. The van der Waals surface area contributed by atoms with Gasteiger partial charge in [0.25, 0.3) is 0 Å². The van der Waals surface area contributed by atoms with Crippen molar-refractivity contribution in [1.82, 2.24) is 0 Å². The van der Waals surface area contributed by atoms with E-state index in [2.05, 4.69) is 4.52 Å². The molecule has 0 aromatic heterocycles. The van der Waals surface area contributed by atoms with E-state index in [9.17, 15) is 4.57 Å². The van der Waals surface area contributed by atoms with Crippen LogP contribution in [0.15, 0.2) is 0 Å². The third-order valence-electron chi connectivity index (χ3n) is 1.03. The molecule has 0 saturated heterocycles. The molecule has 0 aromatic carbocycles. The first-order chi connectivity index (χ1) is 4.87. The average Bonchev–Trinajstić information content (AvgIpc) is 1.82. The van der Waals surface area contributed by atoms with Crippen LogP contribution in [-0.2, 0) is 9.09 Å². The van der Waals surface area contributed by atoms with Crippen LogP contribution in [0.3, 0.4) is 0 Å². The predicted octanol–water partition coefficient (Wildman–Crippen LogP) is -1.16. The van der Waals surface area contributed by atoms with Gasteiger partial charge in [0.15, 0.2) is 0 Å². The van der Waals surface area contributed by atoms with Crippen LogP contribution in [0.1, 0.15) is 6.92 Å². The normalized spacial score (nSPS) is 17.9. The second kappa shape index (κ2) is 4.15. The van der Waals surface area contributed by atoms with Gasteiger partial charge in [0, 0.05) is 0 Å². The summed E-state index contributed by atoms with van der Waals surface area (Å²) in [4.78, 5) is 16.5. The van der Waals surface area contributed by atoms with Crippen LogP contribution in [0.2, 0.25) is 0 Å². The Morgan fingerprint density at radius 1 is 1.55 bits per heavy atom. The first-order valence-corrected chi connectivity index (χ1v) is 4.42. The Bertz CT molecular complexity index is 153. The lowest BCUT2D eigenvalue weighted by molar-refractivity contribution is -0.00451. The minimum Gasteiger partial charge on any atom is -0.394 e. The second-order valence-electron chi connectivity index (χ2n) is 2.05. The van der Waals surface area contributed by atoms with Crippen LogP contribution in [0.5, 0.6) is 0 Å². The Morgan fingerprint density at radius 3 is 2.27 bits per heavy atom. The molecule has 0 spiro atoms. The van der Waals surface area contributed by atoms with Gasteiger partial charge in [-0.25, -0.2) is 4.57 Å². The second-order valence-corrected chi connectivity index (χ2v) is 3.24. The highest BCUT2D eigenvalue weighted by Crippen LogP contribution is 2.37. The molecular formula is C4H11O6P. The molecule has 0 rings (SSSR count). The quantitative estimate of drug-likeness (QED) is 0.412. The molecule has 0 aliphatic carbocycles. The summed E-state index contributed by atoms with van der Waals surface area (Å²) < 4.78 is 14.2. The van der Waals surface area contributed by atoms with E-state index in [0.717, 1.165) is 0 Å². The largest absolute Gasteiger partial charge is 0.469 e. The van der Waals surface area contributed by atoms with Crippen LogP contribution in [0.25, 0.3) is 0 Å². The molecule has 2 atom stereocenters. The summed E-state index contributed by atoms with van der Waals surface area (Å²) in [6.07, 6.45) is -2.36. The lowest BCUT2D eigenvalue weighted by atomic mass is 10.2. The highest BCUT2D eigenvalue weighted by Gasteiger charge is 2.23. The van der Waals surface area contributed by atoms with Crippen LogP contribution >= 0.6 is 7.82 Å². The third-order valence-corrected chi connectivity index (χ3v) is 1.64. The zero-order chi connectivity index (χ0) is 9.07. The third kappa shape index (κ3) is 5.32. The number of aliphatic hydroxyl groups excluding tert-OH is 2. The van der Waals surface area contributed by atoms with E-state index in [1.807, 2.05) is 0 Å². The lowest BCUT2D eigenvalue weighted by Gasteiger charge is -2.17. The first-order valence-electron chi connectivity index (χ1n) is 2.89. The van der Waals surface area contributed by atoms with Gasteiger partial charge in [-0.05, 0) is 6.92 Å². The van der Waals surface area contributed by atoms with Crippen molar-refractivity contribution in [2.24, 2.45) is 0 Å². The summed E-state index contributed by atoms with van der Waals surface area (Å²) >= 11 is 0. The molecule has 0 fully saturated rings. The molecular weight excluding hydrogens is 175 g/mol. The van der Waals surface area contributed by atoms with E-state index < -0.39 is 26.6 Å². The van der Waals surface area contributed by atoms with Crippen molar-refractivity contribution in [3.8, 4) is 0 Å². The first kappa shape index (κ1) is 11.0. The van der Waals surface area contributed by atoms with E-state index in [1.165, 1.54) is 6.92 Å². The molecule has 0 aliphatic heterocycles. The Labute approximate surface area is 63.7 Å². The summed E-state index contributed by atoms with van der Waals surface area (Å²) in [5.74, 6) is 0. The van der Waals surface area contributed by atoms with Crippen LogP contribution in [0.4, 0.5) is 0 Å². The Balaban J connectivity index is 3.87. The van der Waals surface area contributed by atoms with Gasteiger partial charge in [-0.1, -0.05) is 0 Å². The topological polar surface area (TPSA) is 107 Å². The van der Waals surface area contributed by atoms with Gasteiger partial charge in [0.2, 0.25) is 0 Å². The molecule has 7 heteroatoms. The molecule has 0 aliphatic rings. The van der Waals surface area contributed by atoms with Gasteiger partial charge in [-0.3, -0.25) is 4.52 Å². The van der Waals surface area contributed by atoms with Crippen molar-refractivity contribution in [3.05, 3.63) is 0 Å². The predicted molar refractivity (Wildman–Crippen MR) is 35.7 cm³/mol. The molecule has 6 nitrogen and oxygen atoms in total. The van der Waals surface area contributed by atoms with Crippen LogP contribution in [-0.4, -0.2) is 38.8 Å². The van der Waals surface area contributed by atoms with E-state index in [-0.39, 0.29) is 0 Å². The van der Waals surface area contributed by atoms with Crippen LogP contribution < -0.4 is 0 Å². The number of rotatable bonds is 4. The Kier molecular flexibility index (Phi) is 4.17. The monoisotopic (exact) mass is 186 g/mol. The standard InChI is InChI=1S/C4H11O6P/c1-3(4(6)2-5)10-11(7,8)9/h3-6H,2H2,1H3,(H2,7,8,9). The number of hydrogen-bond donors (Lipinski definition) is 4. The van der Waals surface area contributed by atoms with Gasteiger partial charge in [0.1, 0.15) is 6.10 Å². The smallest absolute Gasteiger partial charge is 0.394 e. The fraction of sp³-hybridized carbons (Fsp3) is 1.00. The maximum atomic E-state index is 10.1. The summed E-state index contributed by atoms with van der Waals surface area (Å²) in [6.45, 7) is 0.654. The number of aliphatic hydroxyl groups is 2. The highest BCUT2D eigenvalue weighted by atomic mass is 31.2. The van der Waals surface area contributed by atoms with Crippen molar-refractivity contribution >= 4 is 7.82 Å². The van der Waals surface area contributed by atoms with E-state index in [1.54, 1.807) is 0 Å². The Hall–Kier alpha value is 0.0300. The van der Waals surface area contributed by atoms with E-state index >= 15 is 0 Å². The summed E-state index contributed by atoms with van der Waals surface area (Å²) in [5, 5.41) is 17.1. The minimum absolute atomic E-state index is 0.596. The van der Waals surface area contributed by atoms with Crippen molar-refractivity contribution < 1.29 is 29.1 Å². The van der Waals surface area contributed by atoms with E-state index in [0.29, 0.717) is 0 Å². The lowest BCUT2D eigenvalue weighted by Crippen LogP contribution is -2.28. The molecule has 0 aromatic rings. The molecule has 2 unspecified atom stereocenters. The molecule has 0 radical (unpaired) electrons. The fourth-order valence-corrected chi connectivity index (χ4v) is 1.01.